The van der Waals surface area contributed by atoms with Crippen molar-refractivity contribution in [2.45, 2.75) is 25.5 Å². The molecule has 0 radical (unpaired) electrons. The molecule has 4 nitrogen and oxygen atoms in total. The number of carbonyl (C=O) groups is 1. The summed E-state index contributed by atoms with van der Waals surface area (Å²) in [4.78, 5) is 10.8. The second kappa shape index (κ2) is 6.59. The van der Waals surface area contributed by atoms with Gasteiger partial charge >= 0.3 is 5.97 Å². The van der Waals surface area contributed by atoms with Gasteiger partial charge in [0.05, 0.1) is 6.10 Å². The van der Waals surface area contributed by atoms with Crippen molar-refractivity contribution in [2.75, 3.05) is 6.54 Å². The van der Waals surface area contributed by atoms with Crippen molar-refractivity contribution in [3.05, 3.63) is 34.9 Å². The summed E-state index contributed by atoms with van der Waals surface area (Å²) in [5, 5.41) is 22.1. The Morgan fingerprint density at radius 3 is 2.47 bits per heavy atom. The van der Waals surface area contributed by atoms with Crippen LogP contribution in [0, 0.1) is 0 Å². The lowest BCUT2D eigenvalue weighted by Gasteiger charge is -2.16. The van der Waals surface area contributed by atoms with Crippen molar-refractivity contribution in [1.82, 2.24) is 5.32 Å². The quantitative estimate of drug-likeness (QED) is 0.727. The number of carboxylic acids is 1. The lowest BCUT2D eigenvalue weighted by molar-refractivity contribution is -0.139. The van der Waals surface area contributed by atoms with Crippen molar-refractivity contribution in [2.24, 2.45) is 0 Å². The van der Waals surface area contributed by atoms with Gasteiger partial charge in [0.15, 0.2) is 0 Å². The molecule has 0 aliphatic rings. The third-order valence-corrected chi connectivity index (χ3v) is 2.77. The van der Waals surface area contributed by atoms with Crippen molar-refractivity contribution < 1.29 is 15.0 Å². The van der Waals surface area contributed by atoms with Crippen molar-refractivity contribution >= 4 is 17.6 Å². The van der Waals surface area contributed by atoms with E-state index in [2.05, 4.69) is 5.32 Å². The highest BCUT2D eigenvalue weighted by Gasteiger charge is 2.16. The fourth-order valence-electron chi connectivity index (χ4n) is 1.46. The van der Waals surface area contributed by atoms with E-state index in [1.54, 1.807) is 31.2 Å². The van der Waals surface area contributed by atoms with Gasteiger partial charge < -0.3 is 15.5 Å². The Kier molecular flexibility index (Phi) is 5.41. The number of hydrogen-bond donors (Lipinski definition) is 3. The molecule has 0 aliphatic heterocycles. The Labute approximate surface area is 105 Å². The smallest absolute Gasteiger partial charge is 0.320 e. The number of halogens is 1. The third kappa shape index (κ3) is 4.34. The maximum absolute atomic E-state index is 10.8. The van der Waals surface area contributed by atoms with Gasteiger partial charge in [0, 0.05) is 11.6 Å². The molecule has 0 saturated heterocycles. The zero-order valence-corrected chi connectivity index (χ0v) is 10.3. The monoisotopic (exact) mass is 257 g/mol. The summed E-state index contributed by atoms with van der Waals surface area (Å²) >= 11 is 5.73. The molecule has 0 saturated carbocycles. The van der Waals surface area contributed by atoms with Crippen LogP contribution in [0.2, 0.25) is 5.02 Å². The Bertz CT molecular complexity index is 367. The normalized spacial score (nSPS) is 14.3. The van der Waals surface area contributed by atoms with Gasteiger partial charge in [0.1, 0.15) is 6.04 Å². The molecule has 0 heterocycles. The third-order valence-electron chi connectivity index (χ3n) is 2.52. The molecule has 3 N–H and O–H groups in total. The number of aliphatic carboxylic acids is 1. The van der Waals surface area contributed by atoms with Crippen LogP contribution in [0.4, 0.5) is 0 Å². The number of aliphatic hydroxyl groups excluding tert-OH is 1. The maximum atomic E-state index is 10.8. The number of hydrogen-bond acceptors (Lipinski definition) is 3. The summed E-state index contributed by atoms with van der Waals surface area (Å²) in [5.41, 5.74) is 0.710. The summed E-state index contributed by atoms with van der Waals surface area (Å²) in [6.45, 7) is 1.98. The molecule has 0 fully saturated rings. The zero-order valence-electron chi connectivity index (χ0n) is 9.56. The molecule has 2 unspecified atom stereocenters. The predicted octanol–water partition coefficient (Wildman–Crippen LogP) is 1.83. The molecular weight excluding hydrogens is 242 g/mol. The van der Waals surface area contributed by atoms with Crippen LogP contribution in [-0.2, 0) is 4.79 Å². The fraction of sp³-hybridized carbons (Fsp3) is 0.417. The Hall–Kier alpha value is -1.10. The summed E-state index contributed by atoms with van der Waals surface area (Å²) in [6, 6.07) is 6.19. The first-order valence-corrected chi connectivity index (χ1v) is 5.82. The highest BCUT2D eigenvalue weighted by Crippen LogP contribution is 2.15. The highest BCUT2D eigenvalue weighted by atomic mass is 35.5. The van der Waals surface area contributed by atoms with Crippen molar-refractivity contribution in [3.63, 3.8) is 0 Å². The van der Waals surface area contributed by atoms with Crippen molar-refractivity contribution in [3.8, 4) is 0 Å². The van der Waals surface area contributed by atoms with Crippen LogP contribution in [0.25, 0.3) is 0 Å². The van der Waals surface area contributed by atoms with Gasteiger partial charge in [-0.2, -0.15) is 0 Å². The maximum Gasteiger partial charge on any atom is 0.320 e. The van der Waals surface area contributed by atoms with Gasteiger partial charge in [-0.3, -0.25) is 4.79 Å². The van der Waals surface area contributed by atoms with Crippen LogP contribution >= 0.6 is 11.6 Å². The molecule has 17 heavy (non-hydrogen) atoms. The highest BCUT2D eigenvalue weighted by molar-refractivity contribution is 6.30. The van der Waals surface area contributed by atoms with Gasteiger partial charge in [0.2, 0.25) is 0 Å². The van der Waals surface area contributed by atoms with E-state index in [4.69, 9.17) is 16.7 Å². The minimum Gasteiger partial charge on any atom is -0.480 e. The largest absolute Gasteiger partial charge is 0.480 e. The lowest BCUT2D eigenvalue weighted by atomic mass is 10.1. The van der Waals surface area contributed by atoms with Crippen LogP contribution in [0.1, 0.15) is 25.0 Å². The topological polar surface area (TPSA) is 69.6 Å². The number of carboxylic acid groups (broad SMARTS) is 1. The van der Waals surface area contributed by atoms with Crippen LogP contribution in [-0.4, -0.2) is 28.8 Å². The first-order valence-electron chi connectivity index (χ1n) is 5.44. The van der Waals surface area contributed by atoms with E-state index in [0.29, 0.717) is 17.0 Å². The van der Waals surface area contributed by atoms with E-state index in [-0.39, 0.29) is 6.54 Å². The van der Waals surface area contributed by atoms with E-state index >= 15 is 0 Å². The van der Waals surface area contributed by atoms with Crippen LogP contribution in [0.15, 0.2) is 24.3 Å². The lowest BCUT2D eigenvalue weighted by Crippen LogP contribution is -2.38. The van der Waals surface area contributed by atoms with Crippen molar-refractivity contribution in [1.29, 1.82) is 0 Å². The van der Waals surface area contributed by atoms with Crippen LogP contribution in [0.5, 0.6) is 0 Å². The molecule has 94 valence electrons. The first-order chi connectivity index (χ1) is 8.04. The van der Waals surface area contributed by atoms with E-state index in [9.17, 15) is 9.90 Å². The Balaban J connectivity index is 2.52. The van der Waals surface area contributed by atoms with Gasteiger partial charge in [-0.1, -0.05) is 30.7 Å². The molecule has 1 aromatic carbocycles. The minimum atomic E-state index is -0.907. The van der Waals surface area contributed by atoms with Crippen LogP contribution in [0.3, 0.4) is 0 Å². The number of nitrogens with one attached hydrogen (secondary N) is 1. The molecule has 0 amide bonds. The molecule has 1 rings (SSSR count). The zero-order chi connectivity index (χ0) is 12.8. The molecule has 0 aromatic heterocycles. The summed E-state index contributed by atoms with van der Waals surface area (Å²) < 4.78 is 0. The summed E-state index contributed by atoms with van der Waals surface area (Å²) in [5.74, 6) is -0.907. The van der Waals surface area contributed by atoms with E-state index in [1.165, 1.54) is 0 Å². The second-order valence-corrected chi connectivity index (χ2v) is 4.21. The predicted molar refractivity (Wildman–Crippen MR) is 66.1 cm³/mol. The molecule has 2 atom stereocenters. The number of benzene rings is 1. The first kappa shape index (κ1) is 14.0. The van der Waals surface area contributed by atoms with E-state index in [1.807, 2.05) is 0 Å². The SMILES string of the molecule is CCC(NCC(O)c1ccc(Cl)cc1)C(=O)O. The number of rotatable bonds is 6. The Morgan fingerprint density at radius 2 is 2.00 bits per heavy atom. The van der Waals surface area contributed by atoms with Gasteiger partial charge in [-0.05, 0) is 24.1 Å². The van der Waals surface area contributed by atoms with Gasteiger partial charge in [-0.25, -0.2) is 0 Å². The molecular formula is C12H16ClNO3. The van der Waals surface area contributed by atoms with E-state index in [0.717, 1.165) is 0 Å². The van der Waals surface area contributed by atoms with E-state index < -0.39 is 18.1 Å². The summed E-state index contributed by atoms with van der Waals surface area (Å²) in [6.07, 6.45) is -0.261. The minimum absolute atomic E-state index is 0.201. The average Bonchev–Trinajstić information content (AvgIpc) is 2.30. The standard InChI is InChI=1S/C12H16ClNO3/c1-2-10(12(16)17)14-7-11(15)8-3-5-9(13)6-4-8/h3-6,10-11,14-15H,2,7H2,1H3,(H,16,17). The van der Waals surface area contributed by atoms with Gasteiger partial charge in [0.25, 0.3) is 0 Å². The summed E-state index contributed by atoms with van der Waals surface area (Å²) in [7, 11) is 0. The molecule has 5 heteroatoms. The van der Waals surface area contributed by atoms with Gasteiger partial charge in [-0.15, -0.1) is 0 Å². The fourth-order valence-corrected chi connectivity index (χ4v) is 1.59. The molecule has 1 aromatic rings. The number of aliphatic hydroxyl groups is 1. The Morgan fingerprint density at radius 1 is 1.41 bits per heavy atom. The molecule has 0 aliphatic carbocycles. The van der Waals surface area contributed by atoms with Crippen LogP contribution < -0.4 is 5.32 Å². The molecule has 0 spiro atoms. The molecule has 0 bridgehead atoms. The second-order valence-electron chi connectivity index (χ2n) is 3.77. The average molecular weight is 258 g/mol.